The second-order valence-corrected chi connectivity index (χ2v) is 15.1. The molecule has 2 heterocycles. The minimum absolute atomic E-state index is 0.158. The van der Waals surface area contributed by atoms with Crippen LogP contribution in [0.1, 0.15) is 12.2 Å². The third-order valence-electron chi connectivity index (χ3n) is 9.42. The van der Waals surface area contributed by atoms with Crippen LogP contribution in [0.4, 0.5) is 0 Å². The average molecular weight is 624 g/mol. The SMILES string of the molecule is O=P(c1ccccc1)(c1ccccc1)C1C=CC(c2nc3ccc(-c4cccc5ccccc45)cc3c3nc4ccccc4n23)=CC1. The molecule has 0 bridgehead atoms. The van der Waals surface area contributed by atoms with Gasteiger partial charge in [0.25, 0.3) is 0 Å². The Bertz CT molecular complexity index is 2540. The molecule has 4 nitrogen and oxygen atoms in total. The molecule has 0 radical (unpaired) electrons. The van der Waals surface area contributed by atoms with Gasteiger partial charge in [-0.05, 0) is 52.6 Å². The van der Waals surface area contributed by atoms with Gasteiger partial charge in [0, 0.05) is 27.2 Å². The zero-order chi connectivity index (χ0) is 31.4. The van der Waals surface area contributed by atoms with E-state index >= 15 is 4.57 Å². The summed E-state index contributed by atoms with van der Waals surface area (Å²) >= 11 is 0. The van der Waals surface area contributed by atoms with Crippen LogP contribution < -0.4 is 10.6 Å². The minimum atomic E-state index is -2.96. The second-order valence-electron chi connectivity index (χ2n) is 12.1. The summed E-state index contributed by atoms with van der Waals surface area (Å²) in [6.45, 7) is 0. The lowest BCUT2D eigenvalue weighted by molar-refractivity contribution is 0.582. The van der Waals surface area contributed by atoms with E-state index in [1.54, 1.807) is 0 Å². The topological polar surface area (TPSA) is 47.3 Å². The molecule has 0 fully saturated rings. The predicted octanol–water partition coefficient (Wildman–Crippen LogP) is 9.58. The molecule has 224 valence electrons. The molecule has 0 spiro atoms. The molecule has 0 aliphatic heterocycles. The first-order chi connectivity index (χ1) is 23.2. The van der Waals surface area contributed by atoms with Gasteiger partial charge in [0.05, 0.1) is 16.6 Å². The van der Waals surface area contributed by atoms with Crippen molar-refractivity contribution in [3.8, 4) is 11.1 Å². The monoisotopic (exact) mass is 623 g/mol. The Hall–Kier alpha value is -5.57. The van der Waals surface area contributed by atoms with Gasteiger partial charge in [0.15, 0.2) is 0 Å². The van der Waals surface area contributed by atoms with Crippen molar-refractivity contribution in [2.75, 3.05) is 0 Å². The van der Waals surface area contributed by atoms with Gasteiger partial charge in [-0.25, -0.2) is 9.97 Å². The van der Waals surface area contributed by atoms with Gasteiger partial charge in [0.1, 0.15) is 18.6 Å². The minimum Gasteiger partial charge on any atom is -0.313 e. The van der Waals surface area contributed by atoms with Gasteiger partial charge in [-0.3, -0.25) is 4.40 Å². The largest absolute Gasteiger partial charge is 0.313 e. The summed E-state index contributed by atoms with van der Waals surface area (Å²) in [6, 6.07) is 49.6. The number of fused-ring (bicyclic) bond motifs is 6. The Morgan fingerprint density at radius 2 is 1.34 bits per heavy atom. The molecular formula is C42H30N3OP. The van der Waals surface area contributed by atoms with Crippen LogP contribution >= 0.6 is 7.14 Å². The third-order valence-corrected chi connectivity index (χ3v) is 12.9. The number of rotatable bonds is 5. The smallest absolute Gasteiger partial charge is 0.150 e. The Balaban J connectivity index is 1.19. The van der Waals surface area contributed by atoms with E-state index in [2.05, 4.69) is 95.4 Å². The van der Waals surface area contributed by atoms with Crippen LogP contribution in [0.25, 0.3) is 55.1 Å². The maximum Gasteiger partial charge on any atom is 0.150 e. The van der Waals surface area contributed by atoms with Crippen molar-refractivity contribution in [1.29, 1.82) is 0 Å². The molecule has 8 aromatic rings. The fraction of sp³-hybridized carbons (Fsp3) is 0.0476. The number of aromatic nitrogens is 3. The summed E-state index contributed by atoms with van der Waals surface area (Å²) in [5.41, 5.74) is 6.87. The summed E-state index contributed by atoms with van der Waals surface area (Å²) < 4.78 is 17.2. The fourth-order valence-electron chi connectivity index (χ4n) is 7.11. The van der Waals surface area contributed by atoms with Gasteiger partial charge in [-0.15, -0.1) is 0 Å². The lowest BCUT2D eigenvalue weighted by atomic mass is 9.97. The van der Waals surface area contributed by atoms with Gasteiger partial charge >= 0.3 is 0 Å². The standard InChI is InChI=1S/C42H30N3OP/c46-47(32-14-3-1-4-15-32,33-16-5-2-6-17-33)34-25-22-30(23-26-34)41-43-38-27-24-31(36-19-11-13-29-12-7-8-18-35(29)36)28-37(38)42-44-39-20-9-10-21-40(39)45(41)42/h1-25,27-28,34H,26H2. The van der Waals surface area contributed by atoms with Crippen molar-refractivity contribution in [3.05, 3.63) is 170 Å². The van der Waals surface area contributed by atoms with Crippen LogP contribution in [0.3, 0.4) is 0 Å². The quantitative estimate of drug-likeness (QED) is 0.179. The van der Waals surface area contributed by atoms with Crippen molar-refractivity contribution < 1.29 is 4.57 Å². The van der Waals surface area contributed by atoms with E-state index in [-0.39, 0.29) is 5.66 Å². The summed E-state index contributed by atoms with van der Waals surface area (Å²) in [5.74, 6) is 0.836. The molecule has 0 saturated carbocycles. The molecule has 5 heteroatoms. The average Bonchev–Trinajstić information content (AvgIpc) is 3.55. The predicted molar refractivity (Wildman–Crippen MR) is 196 cm³/mol. The summed E-state index contributed by atoms with van der Waals surface area (Å²) in [6.07, 6.45) is 7.09. The van der Waals surface area contributed by atoms with Crippen LogP contribution in [0.15, 0.2) is 164 Å². The zero-order valence-electron chi connectivity index (χ0n) is 25.6. The van der Waals surface area contributed by atoms with Crippen LogP contribution in [-0.2, 0) is 4.57 Å². The van der Waals surface area contributed by atoms with Gasteiger partial charge in [0.2, 0.25) is 0 Å². The highest BCUT2D eigenvalue weighted by Crippen LogP contribution is 2.52. The highest BCUT2D eigenvalue weighted by atomic mass is 31.2. The molecule has 2 aromatic heterocycles. The van der Waals surface area contributed by atoms with Crippen LogP contribution in [0.2, 0.25) is 0 Å². The number of para-hydroxylation sites is 2. The van der Waals surface area contributed by atoms with E-state index in [1.165, 1.54) is 16.3 Å². The molecule has 47 heavy (non-hydrogen) atoms. The first-order valence-electron chi connectivity index (χ1n) is 16.0. The van der Waals surface area contributed by atoms with Crippen molar-refractivity contribution in [2.24, 2.45) is 0 Å². The number of allylic oxidation sites excluding steroid dienone is 4. The van der Waals surface area contributed by atoms with E-state index in [4.69, 9.17) is 9.97 Å². The van der Waals surface area contributed by atoms with E-state index in [0.29, 0.717) is 6.42 Å². The second kappa shape index (κ2) is 11.0. The molecule has 0 saturated heterocycles. The first-order valence-corrected chi connectivity index (χ1v) is 17.7. The maximum absolute atomic E-state index is 15.1. The van der Waals surface area contributed by atoms with Crippen LogP contribution in [0.5, 0.6) is 0 Å². The van der Waals surface area contributed by atoms with E-state index in [1.807, 2.05) is 72.8 Å². The number of hydrogen-bond acceptors (Lipinski definition) is 3. The number of hydrogen-bond donors (Lipinski definition) is 0. The van der Waals surface area contributed by atoms with Gasteiger partial charge < -0.3 is 4.57 Å². The van der Waals surface area contributed by atoms with E-state index < -0.39 is 7.14 Å². The molecule has 1 unspecified atom stereocenters. The fourth-order valence-corrected chi connectivity index (χ4v) is 10.1. The van der Waals surface area contributed by atoms with Crippen molar-refractivity contribution in [1.82, 2.24) is 14.4 Å². The Labute approximate surface area is 272 Å². The molecule has 6 aromatic carbocycles. The van der Waals surface area contributed by atoms with E-state index in [0.717, 1.165) is 55.2 Å². The first kappa shape index (κ1) is 27.7. The molecule has 1 aliphatic carbocycles. The zero-order valence-corrected chi connectivity index (χ0v) is 26.5. The molecule has 9 rings (SSSR count). The third kappa shape index (κ3) is 4.48. The summed E-state index contributed by atoms with van der Waals surface area (Å²) in [4.78, 5) is 10.4. The van der Waals surface area contributed by atoms with Crippen molar-refractivity contribution in [3.63, 3.8) is 0 Å². The van der Waals surface area contributed by atoms with E-state index in [9.17, 15) is 0 Å². The number of nitrogens with zero attached hydrogens (tertiary/aromatic N) is 3. The van der Waals surface area contributed by atoms with Crippen LogP contribution in [-0.4, -0.2) is 20.0 Å². The highest BCUT2D eigenvalue weighted by molar-refractivity contribution is 7.79. The molecule has 0 N–H and O–H groups in total. The van der Waals surface area contributed by atoms with Crippen LogP contribution in [0, 0.1) is 0 Å². The van der Waals surface area contributed by atoms with Gasteiger partial charge in [-0.1, -0.05) is 140 Å². The number of benzene rings is 6. The molecule has 1 aliphatic rings. The summed E-state index contributed by atoms with van der Waals surface area (Å²) in [7, 11) is -2.96. The van der Waals surface area contributed by atoms with Crippen molar-refractivity contribution in [2.45, 2.75) is 12.1 Å². The van der Waals surface area contributed by atoms with Crippen molar-refractivity contribution >= 4 is 61.7 Å². The Kier molecular flexibility index (Phi) is 6.51. The Morgan fingerprint density at radius 1 is 0.638 bits per heavy atom. The molecule has 1 atom stereocenters. The number of imidazole rings is 1. The lowest BCUT2D eigenvalue weighted by Gasteiger charge is -2.28. The molecular weight excluding hydrogens is 593 g/mol. The summed E-state index contributed by atoms with van der Waals surface area (Å²) in [5, 5.41) is 5.21. The normalized spacial score (nSPS) is 15.1. The van der Waals surface area contributed by atoms with Gasteiger partial charge in [-0.2, -0.15) is 0 Å². The molecule has 0 amide bonds. The maximum atomic E-state index is 15.1. The Morgan fingerprint density at radius 3 is 2.11 bits per heavy atom. The lowest BCUT2D eigenvalue weighted by Crippen LogP contribution is -2.25. The highest BCUT2D eigenvalue weighted by Gasteiger charge is 2.35.